The van der Waals surface area contributed by atoms with Crippen LogP contribution >= 0.6 is 11.3 Å². The van der Waals surface area contributed by atoms with Crippen molar-refractivity contribution < 1.29 is 9.53 Å². The van der Waals surface area contributed by atoms with Gasteiger partial charge in [-0.25, -0.2) is 4.98 Å². The number of rotatable bonds is 2. The number of amides is 1. The minimum absolute atomic E-state index is 0.0513. The molecule has 6 heteroatoms. The van der Waals surface area contributed by atoms with Gasteiger partial charge in [-0.05, 0) is 30.3 Å². The zero-order valence-corrected chi connectivity index (χ0v) is 12.7. The molecular formula is C16H13N3O2S. The van der Waals surface area contributed by atoms with E-state index in [-0.39, 0.29) is 12.5 Å². The highest BCUT2D eigenvalue weighted by Crippen LogP contribution is 2.35. The Morgan fingerprint density at radius 1 is 1.27 bits per heavy atom. The number of nitrogens with zero attached hydrogens (tertiary/aromatic N) is 2. The van der Waals surface area contributed by atoms with Gasteiger partial charge in [0.15, 0.2) is 11.7 Å². The van der Waals surface area contributed by atoms with Gasteiger partial charge in [-0.3, -0.25) is 4.79 Å². The van der Waals surface area contributed by atoms with Crippen LogP contribution in [0.15, 0.2) is 42.5 Å². The number of benzene rings is 2. The molecule has 5 nitrogen and oxygen atoms in total. The number of para-hydroxylation sites is 1. The van der Waals surface area contributed by atoms with E-state index in [1.165, 1.54) is 0 Å². The summed E-state index contributed by atoms with van der Waals surface area (Å²) >= 11 is 1.60. The van der Waals surface area contributed by atoms with Crippen LogP contribution in [0.5, 0.6) is 5.75 Å². The van der Waals surface area contributed by atoms with Crippen LogP contribution < -0.4 is 15.0 Å². The first-order valence-corrected chi connectivity index (χ1v) is 7.68. The number of anilines is 3. The maximum Gasteiger partial charge on any atom is 0.264 e. The summed E-state index contributed by atoms with van der Waals surface area (Å²) in [5.74, 6) is 0.668. The SMILES string of the molecule is CN1C(=O)COc2ccc(Nc3nc4ccccc4s3)cc21. The van der Waals surface area contributed by atoms with Crippen LogP contribution in [-0.2, 0) is 4.79 Å². The van der Waals surface area contributed by atoms with Crippen molar-refractivity contribution in [3.05, 3.63) is 42.5 Å². The van der Waals surface area contributed by atoms with Crippen molar-refractivity contribution in [2.24, 2.45) is 0 Å². The highest BCUT2D eigenvalue weighted by molar-refractivity contribution is 7.22. The fourth-order valence-corrected chi connectivity index (χ4v) is 3.29. The predicted molar refractivity (Wildman–Crippen MR) is 88.2 cm³/mol. The number of carbonyl (C=O) groups excluding carboxylic acids is 1. The smallest absolute Gasteiger partial charge is 0.264 e. The van der Waals surface area contributed by atoms with Crippen LogP contribution in [0.2, 0.25) is 0 Å². The van der Waals surface area contributed by atoms with Crippen molar-refractivity contribution in [2.45, 2.75) is 0 Å². The molecule has 1 N–H and O–H groups in total. The molecule has 3 aromatic rings. The van der Waals surface area contributed by atoms with Gasteiger partial charge in [-0.1, -0.05) is 23.5 Å². The number of nitrogens with one attached hydrogen (secondary N) is 1. The Balaban J connectivity index is 1.67. The zero-order chi connectivity index (χ0) is 15.1. The third-order valence-electron chi connectivity index (χ3n) is 3.59. The second-order valence-corrected chi connectivity index (χ2v) is 6.07. The molecule has 0 spiro atoms. The molecule has 1 amide bonds. The first-order valence-electron chi connectivity index (χ1n) is 6.87. The van der Waals surface area contributed by atoms with E-state index in [1.54, 1.807) is 23.3 Å². The summed E-state index contributed by atoms with van der Waals surface area (Å²) < 4.78 is 6.56. The molecule has 0 saturated carbocycles. The number of hydrogen-bond donors (Lipinski definition) is 1. The van der Waals surface area contributed by atoms with Crippen molar-refractivity contribution in [1.82, 2.24) is 4.98 Å². The Hall–Kier alpha value is -2.60. The van der Waals surface area contributed by atoms with Gasteiger partial charge in [0.25, 0.3) is 5.91 Å². The summed E-state index contributed by atoms with van der Waals surface area (Å²) in [4.78, 5) is 17.9. The predicted octanol–water partition coefficient (Wildman–Crippen LogP) is 3.40. The molecule has 4 rings (SSSR count). The lowest BCUT2D eigenvalue weighted by molar-refractivity contribution is -0.120. The highest BCUT2D eigenvalue weighted by Gasteiger charge is 2.22. The minimum Gasteiger partial charge on any atom is -0.482 e. The van der Waals surface area contributed by atoms with E-state index in [4.69, 9.17) is 4.74 Å². The van der Waals surface area contributed by atoms with E-state index in [0.717, 1.165) is 32.5 Å². The normalized spacial score (nSPS) is 13.9. The van der Waals surface area contributed by atoms with Crippen LogP contribution in [0.25, 0.3) is 10.2 Å². The second-order valence-electron chi connectivity index (χ2n) is 5.04. The molecule has 0 bridgehead atoms. The molecule has 0 unspecified atom stereocenters. The molecule has 1 aromatic heterocycles. The van der Waals surface area contributed by atoms with Crippen LogP contribution in [0, 0.1) is 0 Å². The van der Waals surface area contributed by atoms with Crippen molar-refractivity contribution in [2.75, 3.05) is 23.9 Å². The van der Waals surface area contributed by atoms with E-state index in [2.05, 4.69) is 10.3 Å². The molecule has 1 aliphatic rings. The van der Waals surface area contributed by atoms with Crippen LogP contribution in [-0.4, -0.2) is 24.5 Å². The zero-order valence-electron chi connectivity index (χ0n) is 11.9. The Morgan fingerprint density at radius 2 is 2.14 bits per heavy atom. The average Bonchev–Trinajstić information content (AvgIpc) is 2.93. The van der Waals surface area contributed by atoms with Crippen molar-refractivity contribution >= 4 is 44.0 Å². The van der Waals surface area contributed by atoms with Gasteiger partial charge < -0.3 is 15.0 Å². The van der Waals surface area contributed by atoms with Crippen LogP contribution in [0.4, 0.5) is 16.5 Å². The van der Waals surface area contributed by atoms with Crippen LogP contribution in [0.3, 0.4) is 0 Å². The van der Waals surface area contributed by atoms with Gasteiger partial charge in [0.1, 0.15) is 5.75 Å². The standard InChI is InChI=1S/C16H13N3O2S/c1-19-12-8-10(6-7-13(12)21-9-15(19)20)17-16-18-11-4-2-3-5-14(11)22-16/h2-8H,9H2,1H3,(H,17,18). The van der Waals surface area contributed by atoms with E-state index < -0.39 is 0 Å². The third-order valence-corrected chi connectivity index (χ3v) is 4.54. The summed E-state index contributed by atoms with van der Waals surface area (Å²) in [6, 6.07) is 13.7. The van der Waals surface area contributed by atoms with Crippen molar-refractivity contribution in [1.29, 1.82) is 0 Å². The lowest BCUT2D eigenvalue weighted by Crippen LogP contribution is -2.35. The Labute approximate surface area is 131 Å². The molecule has 22 heavy (non-hydrogen) atoms. The molecule has 0 atom stereocenters. The van der Waals surface area contributed by atoms with Gasteiger partial charge in [-0.2, -0.15) is 0 Å². The fraction of sp³-hybridized carbons (Fsp3) is 0.125. The lowest BCUT2D eigenvalue weighted by atomic mass is 10.2. The summed E-state index contributed by atoms with van der Waals surface area (Å²) in [6.07, 6.45) is 0. The van der Waals surface area contributed by atoms with E-state index >= 15 is 0 Å². The first kappa shape index (κ1) is 13.1. The average molecular weight is 311 g/mol. The first-order chi connectivity index (χ1) is 10.7. The van der Waals surface area contributed by atoms with E-state index in [1.807, 2.05) is 42.5 Å². The summed E-state index contributed by atoms with van der Waals surface area (Å²) in [6.45, 7) is 0.0914. The quantitative estimate of drug-likeness (QED) is 0.788. The lowest BCUT2D eigenvalue weighted by Gasteiger charge is -2.26. The van der Waals surface area contributed by atoms with Crippen molar-refractivity contribution in [3.8, 4) is 5.75 Å². The molecule has 2 heterocycles. The van der Waals surface area contributed by atoms with Gasteiger partial charge >= 0.3 is 0 Å². The maximum absolute atomic E-state index is 11.7. The third kappa shape index (κ3) is 2.17. The largest absolute Gasteiger partial charge is 0.482 e. The second kappa shape index (κ2) is 4.99. The molecule has 0 aliphatic carbocycles. The monoisotopic (exact) mass is 311 g/mol. The highest BCUT2D eigenvalue weighted by atomic mass is 32.1. The number of thiazole rings is 1. The molecule has 110 valence electrons. The van der Waals surface area contributed by atoms with E-state index in [9.17, 15) is 4.79 Å². The van der Waals surface area contributed by atoms with Gasteiger partial charge in [0.2, 0.25) is 0 Å². The summed E-state index contributed by atoms with van der Waals surface area (Å²) in [5.41, 5.74) is 2.62. The minimum atomic E-state index is -0.0513. The number of aromatic nitrogens is 1. The summed E-state index contributed by atoms with van der Waals surface area (Å²) in [5, 5.41) is 4.12. The number of ether oxygens (including phenoxy) is 1. The number of likely N-dealkylation sites (N-methyl/N-ethyl adjacent to an activating group) is 1. The molecule has 0 radical (unpaired) electrons. The fourth-order valence-electron chi connectivity index (χ4n) is 2.40. The Bertz CT molecular complexity index is 842. The van der Waals surface area contributed by atoms with Gasteiger partial charge in [0, 0.05) is 12.7 Å². The maximum atomic E-state index is 11.7. The molecule has 1 aliphatic heterocycles. The Morgan fingerprint density at radius 3 is 3.00 bits per heavy atom. The number of fused-ring (bicyclic) bond motifs is 2. The molecule has 2 aromatic carbocycles. The van der Waals surface area contributed by atoms with E-state index in [0.29, 0.717) is 0 Å². The number of hydrogen-bond acceptors (Lipinski definition) is 5. The molecule has 0 fully saturated rings. The Kier molecular flexibility index (Phi) is 2.97. The summed E-state index contributed by atoms with van der Waals surface area (Å²) in [7, 11) is 1.76. The molecule has 0 saturated heterocycles. The van der Waals surface area contributed by atoms with Gasteiger partial charge in [0.05, 0.1) is 15.9 Å². The number of carbonyl (C=O) groups is 1. The van der Waals surface area contributed by atoms with Crippen molar-refractivity contribution in [3.63, 3.8) is 0 Å². The van der Waals surface area contributed by atoms with Crippen LogP contribution in [0.1, 0.15) is 0 Å². The van der Waals surface area contributed by atoms with Gasteiger partial charge in [-0.15, -0.1) is 0 Å². The molecular weight excluding hydrogens is 298 g/mol. The topological polar surface area (TPSA) is 54.5 Å².